The van der Waals surface area contributed by atoms with Crippen LogP contribution in [0.4, 0.5) is 0 Å². The van der Waals surface area contributed by atoms with Gasteiger partial charge in [-0.1, -0.05) is 19.8 Å². The van der Waals surface area contributed by atoms with Crippen molar-refractivity contribution in [3.8, 4) is 0 Å². The van der Waals surface area contributed by atoms with Crippen LogP contribution in [0.2, 0.25) is 0 Å². The summed E-state index contributed by atoms with van der Waals surface area (Å²) in [6.07, 6.45) is 6.61. The zero-order chi connectivity index (χ0) is 16.0. The zero-order valence-corrected chi connectivity index (χ0v) is 14.0. The molecule has 1 heterocycles. The van der Waals surface area contributed by atoms with Crippen LogP contribution < -0.4 is 10.6 Å². The summed E-state index contributed by atoms with van der Waals surface area (Å²) >= 11 is 0. The van der Waals surface area contributed by atoms with Crippen molar-refractivity contribution in [3.05, 3.63) is 0 Å². The molecule has 1 aliphatic carbocycles. The van der Waals surface area contributed by atoms with Gasteiger partial charge in [0.1, 0.15) is 0 Å². The molecular weight excluding hydrogens is 280 g/mol. The maximum atomic E-state index is 12.0. The molecule has 2 fully saturated rings. The van der Waals surface area contributed by atoms with Crippen molar-refractivity contribution in [1.29, 1.82) is 0 Å². The molecule has 2 amide bonds. The van der Waals surface area contributed by atoms with Crippen LogP contribution >= 0.6 is 0 Å². The lowest BCUT2D eigenvalue weighted by Crippen LogP contribution is -2.43. The third-order valence-electron chi connectivity index (χ3n) is 5.02. The Kier molecular flexibility index (Phi) is 6.24. The molecule has 1 aliphatic heterocycles. The molecule has 1 saturated carbocycles. The second kappa shape index (κ2) is 7.95. The van der Waals surface area contributed by atoms with Crippen LogP contribution in [0.3, 0.4) is 0 Å². The first kappa shape index (κ1) is 17.3. The first-order valence-corrected chi connectivity index (χ1v) is 8.63. The quantitative estimate of drug-likeness (QED) is 0.788. The van der Waals surface area contributed by atoms with Crippen molar-refractivity contribution in [2.24, 2.45) is 11.3 Å². The van der Waals surface area contributed by atoms with Gasteiger partial charge in [0.25, 0.3) is 0 Å². The smallest absolute Gasteiger partial charge is 0.223 e. The van der Waals surface area contributed by atoms with Crippen LogP contribution in [0.25, 0.3) is 0 Å². The first-order chi connectivity index (χ1) is 10.5. The Bertz CT molecular complexity index is 385. The molecule has 0 spiro atoms. The highest BCUT2D eigenvalue weighted by atomic mass is 16.5. The molecule has 1 saturated heterocycles. The lowest BCUT2D eigenvalue weighted by molar-refractivity contribution is -0.126. The third kappa shape index (κ3) is 5.27. The number of amides is 2. The fraction of sp³-hybridized carbons (Fsp3) is 0.882. The van der Waals surface area contributed by atoms with E-state index in [2.05, 4.69) is 17.6 Å². The molecule has 2 rings (SSSR count). The molecule has 0 aromatic rings. The average Bonchev–Trinajstić information content (AvgIpc) is 3.00. The Hall–Kier alpha value is -1.10. The van der Waals surface area contributed by atoms with Crippen LogP contribution in [-0.4, -0.2) is 37.6 Å². The van der Waals surface area contributed by atoms with E-state index in [1.165, 1.54) is 0 Å². The highest BCUT2D eigenvalue weighted by molar-refractivity contribution is 5.81. The maximum absolute atomic E-state index is 12.0. The largest absolute Gasteiger partial charge is 0.381 e. The van der Waals surface area contributed by atoms with Crippen molar-refractivity contribution in [2.75, 3.05) is 19.8 Å². The summed E-state index contributed by atoms with van der Waals surface area (Å²) in [7, 11) is 0. The Labute approximate surface area is 133 Å². The average molecular weight is 310 g/mol. The fourth-order valence-electron chi connectivity index (χ4n) is 3.30. The van der Waals surface area contributed by atoms with E-state index in [1.807, 2.05) is 6.92 Å². The number of ether oxygens (including phenoxy) is 1. The molecule has 0 aromatic heterocycles. The van der Waals surface area contributed by atoms with Gasteiger partial charge >= 0.3 is 0 Å². The van der Waals surface area contributed by atoms with E-state index in [-0.39, 0.29) is 29.2 Å². The van der Waals surface area contributed by atoms with Gasteiger partial charge in [-0.2, -0.15) is 0 Å². The van der Waals surface area contributed by atoms with Crippen molar-refractivity contribution >= 4 is 11.8 Å². The second-order valence-corrected chi connectivity index (χ2v) is 7.29. The topological polar surface area (TPSA) is 67.4 Å². The molecule has 1 unspecified atom stereocenters. The Morgan fingerprint density at radius 1 is 1.23 bits per heavy atom. The highest BCUT2D eigenvalue weighted by Gasteiger charge is 2.28. The predicted molar refractivity (Wildman–Crippen MR) is 85.3 cm³/mol. The van der Waals surface area contributed by atoms with Crippen molar-refractivity contribution in [1.82, 2.24) is 10.6 Å². The molecule has 5 heteroatoms. The summed E-state index contributed by atoms with van der Waals surface area (Å²) in [6, 6.07) is -0.101. The van der Waals surface area contributed by atoms with E-state index in [0.717, 1.165) is 51.7 Å². The van der Waals surface area contributed by atoms with Gasteiger partial charge in [0.15, 0.2) is 0 Å². The normalized spacial score (nSPS) is 23.0. The molecule has 0 bridgehead atoms. The molecule has 0 aromatic carbocycles. The monoisotopic (exact) mass is 310 g/mol. The number of rotatable bonds is 6. The number of nitrogens with one attached hydrogen (secondary N) is 2. The molecule has 1 atom stereocenters. The van der Waals surface area contributed by atoms with E-state index < -0.39 is 0 Å². The van der Waals surface area contributed by atoms with Crippen molar-refractivity contribution in [2.45, 2.75) is 64.8 Å². The van der Waals surface area contributed by atoms with Gasteiger partial charge in [0.2, 0.25) is 11.8 Å². The predicted octanol–water partition coefficient (Wildman–Crippen LogP) is 2.00. The minimum Gasteiger partial charge on any atom is -0.381 e. The van der Waals surface area contributed by atoms with Gasteiger partial charge in [-0.15, -0.1) is 0 Å². The van der Waals surface area contributed by atoms with E-state index >= 15 is 0 Å². The summed E-state index contributed by atoms with van der Waals surface area (Å²) in [5.74, 6) is 0.299. The third-order valence-corrected chi connectivity index (χ3v) is 5.02. The van der Waals surface area contributed by atoms with Gasteiger partial charge in [-0.05, 0) is 38.0 Å². The van der Waals surface area contributed by atoms with E-state index in [0.29, 0.717) is 13.0 Å². The minimum atomic E-state index is -0.101. The molecule has 0 radical (unpaired) electrons. The number of carbonyl (C=O) groups is 2. The van der Waals surface area contributed by atoms with Crippen molar-refractivity contribution < 1.29 is 14.3 Å². The standard InChI is InChI=1S/C17H30N2O3/c1-13(19-16(21)14-5-3-4-6-14)11-15(20)18-12-17(2)7-9-22-10-8-17/h13-14H,3-12H2,1-2H3,(H,18,20)(H,19,21). The molecular formula is C17H30N2O3. The molecule has 22 heavy (non-hydrogen) atoms. The van der Waals surface area contributed by atoms with E-state index in [1.54, 1.807) is 0 Å². The van der Waals surface area contributed by atoms with Crippen LogP contribution in [0.15, 0.2) is 0 Å². The Balaban J connectivity index is 1.66. The van der Waals surface area contributed by atoms with Gasteiger partial charge in [-0.25, -0.2) is 0 Å². The van der Waals surface area contributed by atoms with Gasteiger partial charge in [0, 0.05) is 38.1 Å². The summed E-state index contributed by atoms with van der Waals surface area (Å²) in [4.78, 5) is 24.1. The molecule has 5 nitrogen and oxygen atoms in total. The van der Waals surface area contributed by atoms with Crippen LogP contribution in [-0.2, 0) is 14.3 Å². The highest BCUT2D eigenvalue weighted by Crippen LogP contribution is 2.28. The number of hydrogen-bond acceptors (Lipinski definition) is 3. The van der Waals surface area contributed by atoms with Crippen LogP contribution in [0.5, 0.6) is 0 Å². The number of hydrogen-bond donors (Lipinski definition) is 2. The summed E-state index contributed by atoms with van der Waals surface area (Å²) in [5, 5.41) is 6.00. The van der Waals surface area contributed by atoms with Crippen LogP contribution in [0, 0.1) is 11.3 Å². The fourth-order valence-corrected chi connectivity index (χ4v) is 3.30. The first-order valence-electron chi connectivity index (χ1n) is 8.63. The van der Waals surface area contributed by atoms with E-state index in [4.69, 9.17) is 4.74 Å². The molecule has 2 aliphatic rings. The molecule has 126 valence electrons. The van der Waals surface area contributed by atoms with Gasteiger partial charge in [-0.3, -0.25) is 9.59 Å². The summed E-state index contributed by atoms with van der Waals surface area (Å²) < 4.78 is 5.37. The lowest BCUT2D eigenvalue weighted by atomic mass is 9.82. The minimum absolute atomic E-state index is 0.0203. The van der Waals surface area contributed by atoms with Crippen molar-refractivity contribution in [3.63, 3.8) is 0 Å². The Morgan fingerprint density at radius 3 is 2.50 bits per heavy atom. The zero-order valence-electron chi connectivity index (χ0n) is 14.0. The molecule has 2 N–H and O–H groups in total. The van der Waals surface area contributed by atoms with Gasteiger partial charge < -0.3 is 15.4 Å². The number of carbonyl (C=O) groups excluding carboxylic acids is 2. The SMILES string of the molecule is CC(CC(=O)NCC1(C)CCOCC1)NC(=O)C1CCCC1. The maximum Gasteiger partial charge on any atom is 0.223 e. The van der Waals surface area contributed by atoms with Gasteiger partial charge in [0.05, 0.1) is 0 Å². The summed E-state index contributed by atoms with van der Waals surface area (Å²) in [5.41, 5.74) is 0.143. The van der Waals surface area contributed by atoms with E-state index in [9.17, 15) is 9.59 Å². The summed E-state index contributed by atoms with van der Waals surface area (Å²) in [6.45, 7) is 6.35. The van der Waals surface area contributed by atoms with Crippen LogP contribution in [0.1, 0.15) is 58.8 Å². The lowest BCUT2D eigenvalue weighted by Gasteiger charge is -2.33. The second-order valence-electron chi connectivity index (χ2n) is 7.29. The Morgan fingerprint density at radius 2 is 1.86 bits per heavy atom.